The molecule has 1 unspecified atom stereocenters. The van der Waals surface area contributed by atoms with Crippen molar-refractivity contribution in [2.45, 2.75) is 18.9 Å². The van der Waals surface area contributed by atoms with Crippen molar-refractivity contribution < 1.29 is 4.79 Å². The van der Waals surface area contributed by atoms with Crippen LogP contribution in [0.2, 0.25) is 0 Å². The van der Waals surface area contributed by atoms with Crippen LogP contribution in [0.3, 0.4) is 0 Å². The summed E-state index contributed by atoms with van der Waals surface area (Å²) in [4.78, 5) is 22.9. The molecule has 17 heavy (non-hydrogen) atoms. The zero-order valence-electron chi connectivity index (χ0n) is 9.60. The van der Waals surface area contributed by atoms with E-state index < -0.39 is 0 Å². The minimum atomic E-state index is -0.0998. The highest BCUT2D eigenvalue weighted by atomic mass is 35.5. The van der Waals surface area contributed by atoms with Crippen LogP contribution in [-0.4, -0.2) is 23.1 Å². The Balaban J connectivity index is 0.00000144. The highest BCUT2D eigenvalue weighted by Crippen LogP contribution is 2.09. The molecule has 1 saturated heterocycles. The summed E-state index contributed by atoms with van der Waals surface area (Å²) >= 11 is 0. The van der Waals surface area contributed by atoms with E-state index in [0.29, 0.717) is 5.69 Å². The Labute approximate surface area is 106 Å². The lowest BCUT2D eigenvalue weighted by molar-refractivity contribution is -0.117. The summed E-state index contributed by atoms with van der Waals surface area (Å²) in [5.41, 5.74) is 0.567. The fourth-order valence-corrected chi connectivity index (χ4v) is 1.81. The van der Waals surface area contributed by atoms with Crippen LogP contribution in [0.15, 0.2) is 23.1 Å². The summed E-state index contributed by atoms with van der Waals surface area (Å²) in [6.07, 6.45) is 3.53. The number of carbonyl (C=O) groups excluding carboxylic acids is 1. The number of aryl methyl sites for hydroxylation is 1. The number of nitrogens with zero attached hydrogens (tertiary/aromatic N) is 1. The average molecular weight is 258 g/mol. The molecule has 2 rings (SSSR count). The maximum absolute atomic E-state index is 11.7. The van der Waals surface area contributed by atoms with Crippen LogP contribution >= 0.6 is 12.4 Å². The lowest BCUT2D eigenvalue weighted by Crippen LogP contribution is -2.35. The van der Waals surface area contributed by atoms with E-state index in [4.69, 9.17) is 0 Å². The number of amides is 1. The Morgan fingerprint density at radius 2 is 2.29 bits per heavy atom. The molecule has 1 aliphatic heterocycles. The van der Waals surface area contributed by atoms with Crippen LogP contribution in [0.1, 0.15) is 12.8 Å². The van der Waals surface area contributed by atoms with Crippen molar-refractivity contribution in [3.63, 3.8) is 0 Å². The van der Waals surface area contributed by atoms with E-state index in [2.05, 4.69) is 10.6 Å². The molecule has 0 aromatic carbocycles. The van der Waals surface area contributed by atoms with Crippen LogP contribution in [0.4, 0.5) is 5.69 Å². The summed E-state index contributed by atoms with van der Waals surface area (Å²) in [6.45, 7) is 0.894. The fraction of sp³-hybridized carbons (Fsp3) is 0.455. The maximum Gasteiger partial charge on any atom is 0.250 e. The van der Waals surface area contributed by atoms with Crippen molar-refractivity contribution in [1.29, 1.82) is 0 Å². The van der Waals surface area contributed by atoms with E-state index in [-0.39, 0.29) is 29.9 Å². The van der Waals surface area contributed by atoms with Gasteiger partial charge in [-0.1, -0.05) is 0 Å². The van der Waals surface area contributed by atoms with Gasteiger partial charge in [0, 0.05) is 19.3 Å². The first-order valence-corrected chi connectivity index (χ1v) is 5.38. The largest absolute Gasteiger partial charge is 0.323 e. The van der Waals surface area contributed by atoms with Gasteiger partial charge < -0.3 is 15.2 Å². The van der Waals surface area contributed by atoms with Crippen molar-refractivity contribution >= 4 is 24.0 Å². The number of anilines is 1. The monoisotopic (exact) mass is 257 g/mol. The molecule has 94 valence electrons. The normalized spacial score (nSPS) is 18.5. The predicted molar refractivity (Wildman–Crippen MR) is 68.6 cm³/mol. The number of carbonyl (C=O) groups is 1. The van der Waals surface area contributed by atoms with Crippen molar-refractivity contribution in [2.75, 3.05) is 11.9 Å². The van der Waals surface area contributed by atoms with Gasteiger partial charge in [-0.05, 0) is 25.5 Å². The Hall–Kier alpha value is -1.33. The number of halogens is 1. The second-order valence-corrected chi connectivity index (χ2v) is 4.01. The molecule has 1 amide bonds. The third kappa shape index (κ3) is 3.31. The van der Waals surface area contributed by atoms with Gasteiger partial charge >= 0.3 is 0 Å². The SMILES string of the molecule is Cl.Cn1cc(NC(=O)C2CCCN2)ccc1=O. The molecule has 1 atom stereocenters. The first-order valence-electron chi connectivity index (χ1n) is 5.38. The highest BCUT2D eigenvalue weighted by molar-refractivity contribution is 5.94. The third-order valence-corrected chi connectivity index (χ3v) is 2.73. The molecule has 1 aromatic rings. The Morgan fingerprint density at radius 1 is 1.53 bits per heavy atom. The van der Waals surface area contributed by atoms with Crippen molar-refractivity contribution in [3.05, 3.63) is 28.7 Å². The standard InChI is InChI=1S/C11H15N3O2.ClH/c1-14-7-8(4-5-10(14)15)13-11(16)9-3-2-6-12-9;/h4-5,7,9,12H,2-3,6H2,1H3,(H,13,16);1H. The molecule has 0 bridgehead atoms. The molecule has 0 saturated carbocycles. The van der Waals surface area contributed by atoms with Crippen LogP contribution in [0, 0.1) is 0 Å². The van der Waals surface area contributed by atoms with E-state index in [9.17, 15) is 9.59 Å². The molecule has 2 heterocycles. The Kier molecular flexibility index (Phi) is 4.72. The second-order valence-electron chi connectivity index (χ2n) is 4.01. The number of hydrogen-bond acceptors (Lipinski definition) is 3. The second kappa shape index (κ2) is 5.84. The van der Waals surface area contributed by atoms with Gasteiger partial charge in [0.2, 0.25) is 11.5 Å². The van der Waals surface area contributed by atoms with Crippen LogP contribution in [0.5, 0.6) is 0 Å². The molecule has 1 aromatic heterocycles. The lowest BCUT2D eigenvalue weighted by atomic mass is 10.2. The number of aromatic nitrogens is 1. The number of hydrogen-bond donors (Lipinski definition) is 2. The average Bonchev–Trinajstić information content (AvgIpc) is 2.77. The lowest BCUT2D eigenvalue weighted by Gasteiger charge is -2.11. The van der Waals surface area contributed by atoms with E-state index >= 15 is 0 Å². The topological polar surface area (TPSA) is 63.1 Å². The van der Waals surface area contributed by atoms with Gasteiger partial charge in [0.15, 0.2) is 0 Å². The first kappa shape index (κ1) is 13.7. The molecule has 0 aliphatic carbocycles. The summed E-state index contributed by atoms with van der Waals surface area (Å²) in [5.74, 6) is -0.0313. The molecule has 1 aliphatic rings. The third-order valence-electron chi connectivity index (χ3n) is 2.73. The molecule has 2 N–H and O–H groups in total. The predicted octanol–water partition coefficient (Wildman–Crippen LogP) is 0.498. The fourth-order valence-electron chi connectivity index (χ4n) is 1.81. The van der Waals surface area contributed by atoms with Crippen LogP contribution in [0.25, 0.3) is 0 Å². The Bertz CT molecular complexity index is 452. The minimum absolute atomic E-state index is 0. The minimum Gasteiger partial charge on any atom is -0.323 e. The Morgan fingerprint density at radius 3 is 2.88 bits per heavy atom. The van der Waals surface area contributed by atoms with Gasteiger partial charge in [0.1, 0.15) is 0 Å². The van der Waals surface area contributed by atoms with Gasteiger partial charge in [0.05, 0.1) is 11.7 Å². The number of rotatable bonds is 2. The van der Waals surface area contributed by atoms with Gasteiger partial charge in [-0.15, -0.1) is 12.4 Å². The number of nitrogens with one attached hydrogen (secondary N) is 2. The van der Waals surface area contributed by atoms with Gasteiger partial charge in [0.25, 0.3) is 0 Å². The van der Waals surface area contributed by atoms with Gasteiger partial charge in [-0.3, -0.25) is 9.59 Å². The van der Waals surface area contributed by atoms with E-state index in [1.54, 1.807) is 19.3 Å². The smallest absolute Gasteiger partial charge is 0.250 e. The molecule has 0 radical (unpaired) electrons. The highest BCUT2D eigenvalue weighted by Gasteiger charge is 2.21. The van der Waals surface area contributed by atoms with E-state index in [0.717, 1.165) is 19.4 Å². The number of pyridine rings is 1. The summed E-state index contributed by atoms with van der Waals surface area (Å²) in [6, 6.07) is 2.96. The summed E-state index contributed by atoms with van der Waals surface area (Å²) in [7, 11) is 1.66. The van der Waals surface area contributed by atoms with E-state index in [1.165, 1.54) is 10.6 Å². The first-order chi connectivity index (χ1) is 7.66. The van der Waals surface area contributed by atoms with Crippen molar-refractivity contribution in [1.82, 2.24) is 9.88 Å². The van der Waals surface area contributed by atoms with Crippen LogP contribution in [-0.2, 0) is 11.8 Å². The zero-order valence-corrected chi connectivity index (χ0v) is 10.4. The zero-order chi connectivity index (χ0) is 11.5. The van der Waals surface area contributed by atoms with E-state index in [1.807, 2.05) is 0 Å². The maximum atomic E-state index is 11.7. The quantitative estimate of drug-likeness (QED) is 0.811. The molecule has 0 spiro atoms. The van der Waals surface area contributed by atoms with Gasteiger partial charge in [-0.25, -0.2) is 0 Å². The molecule has 5 nitrogen and oxygen atoms in total. The summed E-state index contributed by atoms with van der Waals surface area (Å²) in [5, 5.41) is 5.91. The van der Waals surface area contributed by atoms with Crippen molar-refractivity contribution in [3.8, 4) is 0 Å². The van der Waals surface area contributed by atoms with Gasteiger partial charge in [-0.2, -0.15) is 0 Å². The van der Waals surface area contributed by atoms with Crippen molar-refractivity contribution in [2.24, 2.45) is 7.05 Å². The molecule has 1 fully saturated rings. The molecule has 6 heteroatoms. The summed E-state index contributed by atoms with van der Waals surface area (Å²) < 4.78 is 1.44. The molecular formula is C11H16ClN3O2. The van der Waals surface area contributed by atoms with Crippen LogP contribution < -0.4 is 16.2 Å². The molecular weight excluding hydrogens is 242 g/mol.